The maximum atomic E-state index is 13.8. The van der Waals surface area contributed by atoms with Gasteiger partial charge in [-0.05, 0) is 67.0 Å². The van der Waals surface area contributed by atoms with E-state index in [-0.39, 0.29) is 24.1 Å². The number of nitrogens with one attached hydrogen (secondary N) is 1. The van der Waals surface area contributed by atoms with Crippen molar-refractivity contribution in [2.45, 2.75) is 49.6 Å². The zero-order valence-corrected chi connectivity index (χ0v) is 18.8. The normalized spacial score (nSPS) is 22.6. The van der Waals surface area contributed by atoms with Gasteiger partial charge in [-0.1, -0.05) is 12.1 Å². The average Bonchev–Trinajstić information content (AvgIpc) is 3.15. The van der Waals surface area contributed by atoms with E-state index in [1.54, 1.807) is 25.6 Å². The summed E-state index contributed by atoms with van der Waals surface area (Å²) in [6.45, 7) is 1.45. The molecule has 2 aliphatic rings. The molecule has 1 fully saturated rings. The number of methoxy groups -OCH3 is 1. The zero-order chi connectivity index (χ0) is 20.7. The minimum absolute atomic E-state index is 0. The second-order valence-corrected chi connectivity index (χ2v) is 8.91. The lowest BCUT2D eigenvalue weighted by atomic mass is 9.75. The first-order valence-corrected chi connectivity index (χ1v) is 10.7. The van der Waals surface area contributed by atoms with Gasteiger partial charge in [-0.3, -0.25) is 4.57 Å². The molecule has 0 bridgehead atoms. The number of fused-ring (bicyclic) bond motifs is 3. The average molecular weight is 463 g/mol. The number of hydrogen-bond acceptors (Lipinski definition) is 4. The summed E-state index contributed by atoms with van der Waals surface area (Å²) in [4.78, 5) is -0.408. The van der Waals surface area contributed by atoms with Crippen LogP contribution in [-0.2, 0) is 18.0 Å². The van der Waals surface area contributed by atoms with E-state index >= 15 is 0 Å². The molecular weight excluding hydrogens is 438 g/mol. The van der Waals surface area contributed by atoms with Crippen LogP contribution in [0.3, 0.4) is 0 Å². The summed E-state index contributed by atoms with van der Waals surface area (Å²) in [6.07, 6.45) is 5.23. The first kappa shape index (κ1) is 22.1. The summed E-state index contributed by atoms with van der Waals surface area (Å²) in [7, 11) is 1.64. The molecule has 1 N–H and O–H groups in total. The van der Waals surface area contributed by atoms with E-state index in [0.717, 1.165) is 60.6 Å². The summed E-state index contributed by atoms with van der Waals surface area (Å²) >= 11 is 7.16. The van der Waals surface area contributed by atoms with Crippen LogP contribution in [0.2, 0.25) is 0 Å². The molecule has 5 rings (SSSR count). The first-order valence-electron chi connectivity index (χ1n) is 10.3. The van der Waals surface area contributed by atoms with E-state index in [0.29, 0.717) is 6.54 Å². The van der Waals surface area contributed by atoms with E-state index in [1.807, 2.05) is 4.57 Å². The monoisotopic (exact) mass is 462 g/mol. The molecule has 2 heterocycles. The van der Waals surface area contributed by atoms with E-state index in [9.17, 15) is 4.39 Å². The number of ether oxygens (including phenoxy) is 1. The van der Waals surface area contributed by atoms with Gasteiger partial charge in [0.1, 0.15) is 17.9 Å². The van der Waals surface area contributed by atoms with Crippen LogP contribution < -0.4 is 10.1 Å². The lowest BCUT2D eigenvalue weighted by Gasteiger charge is -2.36. The summed E-state index contributed by atoms with van der Waals surface area (Å²) < 4.78 is 21.3. The Morgan fingerprint density at radius 2 is 1.97 bits per heavy atom. The minimum atomic E-state index is -0.408. The van der Waals surface area contributed by atoms with Gasteiger partial charge in [0, 0.05) is 12.1 Å². The van der Waals surface area contributed by atoms with Crippen LogP contribution in [0.4, 0.5) is 4.39 Å². The number of rotatable bonds is 3. The number of hydrogen-bond donors (Lipinski definition) is 1. The summed E-state index contributed by atoms with van der Waals surface area (Å²) in [5.74, 6) is 1.70. The Morgan fingerprint density at radius 3 is 2.74 bits per heavy atom. The van der Waals surface area contributed by atoms with Crippen LogP contribution >= 0.6 is 24.0 Å². The van der Waals surface area contributed by atoms with Gasteiger partial charge in [0.25, 0.3) is 0 Å². The first-order chi connectivity index (χ1) is 14.6. The third-order valence-corrected chi connectivity index (χ3v) is 7.08. The van der Waals surface area contributed by atoms with Crippen LogP contribution in [0.25, 0.3) is 5.69 Å². The van der Waals surface area contributed by atoms with E-state index < -0.39 is 4.87 Å². The van der Waals surface area contributed by atoms with Crippen molar-refractivity contribution in [3.63, 3.8) is 0 Å². The van der Waals surface area contributed by atoms with Crippen molar-refractivity contribution >= 4 is 24.0 Å². The summed E-state index contributed by atoms with van der Waals surface area (Å²) in [6, 6.07) is 11.2. The molecule has 2 aromatic carbocycles. The maximum absolute atomic E-state index is 13.8. The van der Waals surface area contributed by atoms with Gasteiger partial charge in [0.05, 0.1) is 24.2 Å². The Morgan fingerprint density at radius 1 is 1.16 bits per heavy atom. The fourth-order valence-corrected chi connectivity index (χ4v) is 5.17. The van der Waals surface area contributed by atoms with Crippen LogP contribution in [-0.4, -0.2) is 21.9 Å². The standard InChI is InChI=1S/C23H24ClFN4O.ClH/c1-30-21-5-3-18(25)11-19(21)15-6-8-23(24,9-7-15)17-2-4-20-16(10-17)12-26-13-22-28-27-14-29(20)22;/h2-5,10-11,14-15,26H,6-9,12-13H2,1H3;1H. The van der Waals surface area contributed by atoms with Crippen molar-refractivity contribution in [3.8, 4) is 11.4 Å². The second-order valence-electron chi connectivity index (χ2n) is 8.19. The molecule has 31 heavy (non-hydrogen) atoms. The van der Waals surface area contributed by atoms with Crippen molar-refractivity contribution in [1.29, 1.82) is 0 Å². The number of nitrogens with zero attached hydrogens (tertiary/aromatic N) is 3. The highest BCUT2D eigenvalue weighted by Crippen LogP contribution is 2.49. The van der Waals surface area contributed by atoms with Gasteiger partial charge in [-0.25, -0.2) is 4.39 Å². The SMILES string of the molecule is COc1ccc(F)cc1C1CCC(Cl)(c2ccc3c(c2)CNCc2nncn2-3)CC1.Cl. The summed E-state index contributed by atoms with van der Waals surface area (Å²) in [5.41, 5.74) is 4.38. The smallest absolute Gasteiger partial charge is 0.151 e. The topological polar surface area (TPSA) is 52.0 Å². The quantitative estimate of drug-likeness (QED) is 0.541. The molecule has 8 heteroatoms. The number of halogens is 3. The van der Waals surface area contributed by atoms with Crippen molar-refractivity contribution < 1.29 is 9.13 Å². The predicted molar refractivity (Wildman–Crippen MR) is 121 cm³/mol. The molecule has 1 saturated carbocycles. The van der Waals surface area contributed by atoms with Crippen molar-refractivity contribution in [2.24, 2.45) is 0 Å². The number of benzene rings is 2. The molecule has 1 aliphatic carbocycles. The molecule has 164 valence electrons. The highest BCUT2D eigenvalue weighted by atomic mass is 35.5. The van der Waals surface area contributed by atoms with Gasteiger partial charge < -0.3 is 10.1 Å². The lowest BCUT2D eigenvalue weighted by Crippen LogP contribution is -2.26. The Labute approximate surface area is 192 Å². The highest BCUT2D eigenvalue weighted by molar-refractivity contribution is 6.24. The zero-order valence-electron chi connectivity index (χ0n) is 17.3. The molecule has 0 saturated heterocycles. The van der Waals surface area contributed by atoms with Gasteiger partial charge in [-0.2, -0.15) is 0 Å². The third kappa shape index (κ3) is 4.04. The number of aromatic nitrogens is 3. The minimum Gasteiger partial charge on any atom is -0.496 e. The van der Waals surface area contributed by atoms with Crippen molar-refractivity contribution in [3.05, 3.63) is 71.1 Å². The van der Waals surface area contributed by atoms with Crippen molar-refractivity contribution in [2.75, 3.05) is 7.11 Å². The summed E-state index contributed by atoms with van der Waals surface area (Å²) in [5, 5.41) is 11.6. The Bertz CT molecular complexity index is 1080. The Hall–Kier alpha value is -2.15. The lowest BCUT2D eigenvalue weighted by molar-refractivity contribution is 0.344. The molecule has 5 nitrogen and oxygen atoms in total. The van der Waals surface area contributed by atoms with E-state index in [2.05, 4.69) is 33.7 Å². The van der Waals surface area contributed by atoms with E-state index in [1.165, 1.54) is 11.6 Å². The molecule has 0 unspecified atom stereocenters. The van der Waals surface area contributed by atoms with Crippen molar-refractivity contribution in [1.82, 2.24) is 20.1 Å². The van der Waals surface area contributed by atoms with Crippen LogP contribution in [0.15, 0.2) is 42.7 Å². The fourth-order valence-electron chi connectivity index (χ4n) is 4.83. The maximum Gasteiger partial charge on any atom is 0.151 e. The van der Waals surface area contributed by atoms with Crippen LogP contribution in [0.1, 0.15) is 54.1 Å². The Kier molecular flexibility index (Phi) is 6.24. The molecule has 0 atom stereocenters. The van der Waals surface area contributed by atoms with Gasteiger partial charge in [-0.15, -0.1) is 34.2 Å². The number of alkyl halides is 1. The molecule has 1 aromatic heterocycles. The van der Waals surface area contributed by atoms with E-state index in [4.69, 9.17) is 16.3 Å². The van der Waals surface area contributed by atoms with Gasteiger partial charge >= 0.3 is 0 Å². The van der Waals surface area contributed by atoms with Gasteiger partial charge in [0.2, 0.25) is 0 Å². The highest BCUT2D eigenvalue weighted by Gasteiger charge is 2.37. The predicted octanol–water partition coefficient (Wildman–Crippen LogP) is 5.23. The molecule has 1 aliphatic heterocycles. The second kappa shape index (κ2) is 8.77. The third-order valence-electron chi connectivity index (χ3n) is 6.48. The molecule has 0 spiro atoms. The fraction of sp³-hybridized carbons (Fsp3) is 0.391. The van der Waals surface area contributed by atoms with Crippen LogP contribution in [0.5, 0.6) is 5.75 Å². The Balaban J connectivity index is 0.00000231. The van der Waals surface area contributed by atoms with Gasteiger partial charge in [0.15, 0.2) is 5.82 Å². The molecule has 3 aromatic rings. The van der Waals surface area contributed by atoms with Crippen LogP contribution in [0, 0.1) is 5.82 Å². The molecule has 0 amide bonds. The largest absolute Gasteiger partial charge is 0.496 e. The molecule has 0 radical (unpaired) electrons. The molecular formula is C23H25Cl2FN4O.